The van der Waals surface area contributed by atoms with E-state index in [1.807, 2.05) is 48.5 Å². The van der Waals surface area contributed by atoms with Gasteiger partial charge in [0, 0.05) is 0 Å². The van der Waals surface area contributed by atoms with Crippen LogP contribution in [0, 0.1) is 0 Å². The van der Waals surface area contributed by atoms with Crippen molar-refractivity contribution < 1.29 is 4.79 Å². The minimum absolute atomic E-state index is 0.0233. The van der Waals surface area contributed by atoms with Crippen molar-refractivity contribution >= 4 is 5.91 Å². The smallest absolute Gasteiger partial charge is 0.234 e. The Hall–Kier alpha value is -2.13. The van der Waals surface area contributed by atoms with Crippen molar-refractivity contribution in [2.45, 2.75) is 12.1 Å². The maximum Gasteiger partial charge on any atom is 0.234 e. The SMILES string of the molecule is O=C1CN[C@@H](c2ccccc2)[C@@H](c2ccccc2)N1. The molecule has 1 aliphatic rings. The van der Waals surface area contributed by atoms with Crippen LogP contribution >= 0.6 is 0 Å². The third-order valence-corrected chi connectivity index (χ3v) is 3.45. The van der Waals surface area contributed by atoms with E-state index in [9.17, 15) is 4.79 Å². The largest absolute Gasteiger partial charge is 0.346 e. The summed E-state index contributed by atoms with van der Waals surface area (Å²) in [5.41, 5.74) is 2.31. The average molecular weight is 252 g/mol. The van der Waals surface area contributed by atoms with Crippen LogP contribution in [-0.2, 0) is 4.79 Å². The van der Waals surface area contributed by atoms with E-state index in [2.05, 4.69) is 22.8 Å². The predicted molar refractivity (Wildman–Crippen MR) is 74.5 cm³/mol. The van der Waals surface area contributed by atoms with Crippen LogP contribution in [0.5, 0.6) is 0 Å². The zero-order valence-electron chi connectivity index (χ0n) is 10.5. The molecular weight excluding hydrogens is 236 g/mol. The third-order valence-electron chi connectivity index (χ3n) is 3.45. The molecule has 1 saturated heterocycles. The number of hydrogen-bond donors (Lipinski definition) is 2. The predicted octanol–water partition coefficient (Wildman–Crippen LogP) is 2.19. The topological polar surface area (TPSA) is 41.1 Å². The molecule has 96 valence electrons. The molecule has 1 amide bonds. The molecule has 0 spiro atoms. The summed E-state index contributed by atoms with van der Waals surface area (Å²) in [4.78, 5) is 11.7. The Balaban J connectivity index is 1.95. The number of amides is 1. The van der Waals surface area contributed by atoms with Crippen LogP contribution in [0.25, 0.3) is 0 Å². The van der Waals surface area contributed by atoms with Gasteiger partial charge in [-0.3, -0.25) is 10.1 Å². The lowest BCUT2D eigenvalue weighted by atomic mass is 9.92. The summed E-state index contributed by atoms with van der Waals surface area (Å²) in [6.07, 6.45) is 0. The zero-order chi connectivity index (χ0) is 13.1. The van der Waals surface area contributed by atoms with Crippen molar-refractivity contribution in [1.82, 2.24) is 10.6 Å². The summed E-state index contributed by atoms with van der Waals surface area (Å²) in [6, 6.07) is 20.4. The number of carbonyl (C=O) groups excluding carboxylic acids is 1. The van der Waals surface area contributed by atoms with E-state index in [4.69, 9.17) is 0 Å². The van der Waals surface area contributed by atoms with Gasteiger partial charge >= 0.3 is 0 Å². The first-order valence-electron chi connectivity index (χ1n) is 6.47. The van der Waals surface area contributed by atoms with Crippen LogP contribution < -0.4 is 10.6 Å². The highest BCUT2D eigenvalue weighted by Gasteiger charge is 2.30. The molecule has 19 heavy (non-hydrogen) atoms. The lowest BCUT2D eigenvalue weighted by Gasteiger charge is -2.34. The minimum Gasteiger partial charge on any atom is -0.346 e. The molecule has 3 nitrogen and oxygen atoms in total. The standard InChI is InChI=1S/C16H16N2O/c19-14-11-17-15(12-7-3-1-4-8-12)16(18-14)13-9-5-2-6-10-13/h1-10,15-17H,11H2,(H,18,19)/t15-,16+/m0/s1. The number of hydrogen-bond acceptors (Lipinski definition) is 2. The summed E-state index contributed by atoms with van der Waals surface area (Å²) >= 11 is 0. The second kappa shape index (κ2) is 5.24. The third kappa shape index (κ3) is 2.51. The molecule has 0 aromatic heterocycles. The van der Waals surface area contributed by atoms with Gasteiger partial charge in [0.1, 0.15) is 0 Å². The first-order valence-corrected chi connectivity index (χ1v) is 6.47. The van der Waals surface area contributed by atoms with Gasteiger partial charge in [0.15, 0.2) is 0 Å². The van der Waals surface area contributed by atoms with Gasteiger partial charge in [-0.1, -0.05) is 60.7 Å². The first-order chi connectivity index (χ1) is 9.34. The Morgan fingerprint density at radius 3 is 1.89 bits per heavy atom. The monoisotopic (exact) mass is 252 g/mol. The van der Waals surface area contributed by atoms with Crippen LogP contribution in [0.4, 0.5) is 0 Å². The lowest BCUT2D eigenvalue weighted by molar-refractivity contribution is -0.123. The number of nitrogens with one attached hydrogen (secondary N) is 2. The molecule has 1 heterocycles. The van der Waals surface area contributed by atoms with Gasteiger partial charge in [0.05, 0.1) is 18.6 Å². The van der Waals surface area contributed by atoms with Crippen molar-refractivity contribution in [2.75, 3.05) is 6.54 Å². The highest BCUT2D eigenvalue weighted by atomic mass is 16.2. The second-order valence-corrected chi connectivity index (χ2v) is 4.73. The number of carbonyl (C=O) groups is 1. The van der Waals surface area contributed by atoms with Crippen molar-refractivity contribution in [1.29, 1.82) is 0 Å². The van der Waals surface area contributed by atoms with Crippen molar-refractivity contribution in [3.63, 3.8) is 0 Å². The maximum atomic E-state index is 11.7. The summed E-state index contributed by atoms with van der Waals surface area (Å²) in [7, 11) is 0. The molecule has 0 saturated carbocycles. The first kappa shape index (κ1) is 11.9. The summed E-state index contributed by atoms with van der Waals surface area (Å²) in [6.45, 7) is 0.364. The molecule has 0 aliphatic carbocycles. The maximum absolute atomic E-state index is 11.7. The molecule has 0 radical (unpaired) electrons. The van der Waals surface area contributed by atoms with Crippen molar-refractivity contribution in [3.05, 3.63) is 71.8 Å². The number of rotatable bonds is 2. The molecule has 1 aliphatic heterocycles. The zero-order valence-corrected chi connectivity index (χ0v) is 10.5. The fourth-order valence-corrected chi connectivity index (χ4v) is 2.54. The van der Waals surface area contributed by atoms with Gasteiger partial charge in [-0.25, -0.2) is 0 Å². The summed E-state index contributed by atoms with van der Waals surface area (Å²) < 4.78 is 0. The quantitative estimate of drug-likeness (QED) is 0.860. The molecule has 3 rings (SSSR count). The number of benzene rings is 2. The molecule has 3 heteroatoms. The Morgan fingerprint density at radius 2 is 1.32 bits per heavy atom. The highest BCUT2D eigenvalue weighted by Crippen LogP contribution is 2.30. The molecule has 0 bridgehead atoms. The average Bonchev–Trinajstić information content (AvgIpc) is 2.49. The molecule has 2 aromatic carbocycles. The molecule has 2 atom stereocenters. The Morgan fingerprint density at radius 1 is 0.789 bits per heavy atom. The fourth-order valence-electron chi connectivity index (χ4n) is 2.54. The highest BCUT2D eigenvalue weighted by molar-refractivity contribution is 5.79. The summed E-state index contributed by atoms with van der Waals surface area (Å²) in [5, 5.41) is 6.40. The van der Waals surface area contributed by atoms with Crippen LogP contribution in [0.3, 0.4) is 0 Å². The second-order valence-electron chi connectivity index (χ2n) is 4.73. The Labute approximate surface area is 112 Å². The van der Waals surface area contributed by atoms with Gasteiger partial charge in [-0.05, 0) is 11.1 Å². The van der Waals surface area contributed by atoms with E-state index in [1.54, 1.807) is 0 Å². The van der Waals surface area contributed by atoms with Gasteiger partial charge < -0.3 is 5.32 Å². The molecule has 1 fully saturated rings. The lowest BCUT2D eigenvalue weighted by Crippen LogP contribution is -2.49. The molecule has 0 unspecified atom stereocenters. The van der Waals surface area contributed by atoms with E-state index < -0.39 is 0 Å². The van der Waals surface area contributed by atoms with Gasteiger partial charge in [-0.15, -0.1) is 0 Å². The van der Waals surface area contributed by atoms with Crippen LogP contribution in [0.1, 0.15) is 23.2 Å². The van der Waals surface area contributed by atoms with Crippen LogP contribution in [-0.4, -0.2) is 12.5 Å². The summed E-state index contributed by atoms with van der Waals surface area (Å²) in [5.74, 6) is 0.0426. The van der Waals surface area contributed by atoms with E-state index in [-0.39, 0.29) is 18.0 Å². The fraction of sp³-hybridized carbons (Fsp3) is 0.188. The van der Waals surface area contributed by atoms with Crippen molar-refractivity contribution in [3.8, 4) is 0 Å². The molecule has 2 N–H and O–H groups in total. The van der Waals surface area contributed by atoms with Crippen LogP contribution in [0.15, 0.2) is 60.7 Å². The van der Waals surface area contributed by atoms with Gasteiger partial charge in [0.2, 0.25) is 5.91 Å². The molecule has 2 aromatic rings. The van der Waals surface area contributed by atoms with E-state index in [1.165, 1.54) is 5.56 Å². The molecular formula is C16H16N2O. The Bertz CT molecular complexity index is 553. The normalized spacial score (nSPS) is 22.8. The minimum atomic E-state index is -0.0233. The van der Waals surface area contributed by atoms with Crippen LogP contribution in [0.2, 0.25) is 0 Å². The van der Waals surface area contributed by atoms with Crippen molar-refractivity contribution in [2.24, 2.45) is 0 Å². The van der Waals surface area contributed by atoms with Gasteiger partial charge in [0.25, 0.3) is 0 Å². The van der Waals surface area contributed by atoms with E-state index in [0.717, 1.165) is 5.56 Å². The van der Waals surface area contributed by atoms with E-state index >= 15 is 0 Å². The van der Waals surface area contributed by atoms with Gasteiger partial charge in [-0.2, -0.15) is 0 Å². The Kier molecular flexibility index (Phi) is 3.29. The van der Waals surface area contributed by atoms with E-state index in [0.29, 0.717) is 6.54 Å². The number of piperazine rings is 1.